The lowest BCUT2D eigenvalue weighted by Gasteiger charge is -2.38. The SMILES string of the molecule is CN(C)c1nccc(N(C)C2CCN(c3ccc(C(F)(F)F)cc3C#N)CC2)n1. The van der Waals surface area contributed by atoms with Crippen molar-refractivity contribution in [3.63, 3.8) is 0 Å². The topological polar surface area (TPSA) is 59.3 Å². The molecule has 1 aromatic heterocycles. The van der Waals surface area contributed by atoms with Crippen LogP contribution in [0.15, 0.2) is 30.5 Å². The Labute approximate surface area is 168 Å². The molecule has 0 amide bonds. The van der Waals surface area contributed by atoms with Gasteiger partial charge >= 0.3 is 6.18 Å². The van der Waals surface area contributed by atoms with Crippen molar-refractivity contribution in [2.45, 2.75) is 25.1 Å². The van der Waals surface area contributed by atoms with Crippen LogP contribution in [0.1, 0.15) is 24.0 Å². The van der Waals surface area contributed by atoms with E-state index in [4.69, 9.17) is 0 Å². The summed E-state index contributed by atoms with van der Waals surface area (Å²) < 4.78 is 38.7. The fourth-order valence-electron chi connectivity index (χ4n) is 3.51. The minimum Gasteiger partial charge on any atom is -0.370 e. The molecule has 0 atom stereocenters. The third kappa shape index (κ3) is 4.53. The maximum absolute atomic E-state index is 12.9. The zero-order valence-electron chi connectivity index (χ0n) is 16.6. The number of nitrogens with zero attached hydrogens (tertiary/aromatic N) is 6. The van der Waals surface area contributed by atoms with Gasteiger partial charge in [-0.2, -0.15) is 23.4 Å². The highest BCUT2D eigenvalue weighted by Crippen LogP contribution is 2.34. The summed E-state index contributed by atoms with van der Waals surface area (Å²) in [6, 6.07) is 7.39. The number of rotatable bonds is 4. The standard InChI is InChI=1S/C20H23F3N6/c1-27(2)19-25-9-6-18(26-19)28(3)16-7-10-29(11-8-16)17-5-4-15(20(21,22)23)12-14(17)13-24/h4-6,9,12,16H,7-8,10-11H2,1-3H3. The average Bonchev–Trinajstić information content (AvgIpc) is 2.72. The van der Waals surface area contributed by atoms with Crippen molar-refractivity contribution in [2.75, 3.05) is 48.9 Å². The summed E-state index contributed by atoms with van der Waals surface area (Å²) in [5, 5.41) is 9.33. The number of piperidine rings is 1. The van der Waals surface area contributed by atoms with E-state index >= 15 is 0 Å². The number of alkyl halides is 3. The highest BCUT2D eigenvalue weighted by atomic mass is 19.4. The maximum atomic E-state index is 12.9. The van der Waals surface area contributed by atoms with Gasteiger partial charge in [0.05, 0.1) is 16.8 Å². The number of anilines is 3. The van der Waals surface area contributed by atoms with Crippen LogP contribution in [-0.4, -0.2) is 50.2 Å². The van der Waals surface area contributed by atoms with Gasteiger partial charge in [-0.05, 0) is 37.1 Å². The van der Waals surface area contributed by atoms with Gasteiger partial charge in [0.2, 0.25) is 5.95 Å². The molecule has 0 N–H and O–H groups in total. The van der Waals surface area contributed by atoms with Gasteiger partial charge < -0.3 is 14.7 Å². The summed E-state index contributed by atoms with van der Waals surface area (Å²) in [6.07, 6.45) is -1.11. The van der Waals surface area contributed by atoms with Gasteiger partial charge in [-0.15, -0.1) is 0 Å². The van der Waals surface area contributed by atoms with Crippen LogP contribution in [0.4, 0.5) is 30.6 Å². The molecule has 0 radical (unpaired) electrons. The van der Waals surface area contributed by atoms with E-state index in [1.54, 1.807) is 6.20 Å². The Morgan fingerprint density at radius 2 is 1.83 bits per heavy atom. The van der Waals surface area contributed by atoms with E-state index in [1.807, 2.05) is 43.1 Å². The second kappa shape index (κ2) is 8.15. The van der Waals surface area contributed by atoms with Crippen molar-refractivity contribution in [3.05, 3.63) is 41.6 Å². The lowest BCUT2D eigenvalue weighted by molar-refractivity contribution is -0.137. The molecule has 0 spiro atoms. The number of aromatic nitrogens is 2. The summed E-state index contributed by atoms with van der Waals surface area (Å²) >= 11 is 0. The van der Waals surface area contributed by atoms with Gasteiger partial charge in [0.15, 0.2) is 0 Å². The predicted octanol–water partition coefficient (Wildman–Crippen LogP) is 3.54. The van der Waals surface area contributed by atoms with Gasteiger partial charge in [-0.1, -0.05) is 0 Å². The molecule has 29 heavy (non-hydrogen) atoms. The smallest absolute Gasteiger partial charge is 0.370 e. The number of halogens is 3. The zero-order valence-corrected chi connectivity index (χ0v) is 16.6. The monoisotopic (exact) mass is 404 g/mol. The van der Waals surface area contributed by atoms with E-state index in [1.165, 1.54) is 6.07 Å². The number of hydrogen-bond donors (Lipinski definition) is 0. The number of nitriles is 1. The maximum Gasteiger partial charge on any atom is 0.416 e. The largest absolute Gasteiger partial charge is 0.416 e. The van der Waals surface area contributed by atoms with Crippen LogP contribution in [0, 0.1) is 11.3 Å². The van der Waals surface area contributed by atoms with Gasteiger partial charge in [-0.25, -0.2) is 4.98 Å². The molecule has 1 fully saturated rings. The van der Waals surface area contributed by atoms with Crippen molar-refractivity contribution in [3.8, 4) is 6.07 Å². The van der Waals surface area contributed by atoms with Crippen LogP contribution in [0.3, 0.4) is 0 Å². The normalized spacial score (nSPS) is 15.1. The van der Waals surface area contributed by atoms with Crippen molar-refractivity contribution >= 4 is 17.5 Å². The van der Waals surface area contributed by atoms with Crippen LogP contribution < -0.4 is 14.7 Å². The molecule has 0 saturated carbocycles. The van der Waals surface area contributed by atoms with Crippen LogP contribution in [0.2, 0.25) is 0 Å². The third-order valence-corrected chi connectivity index (χ3v) is 5.19. The fraction of sp³-hybridized carbons (Fsp3) is 0.450. The lowest BCUT2D eigenvalue weighted by atomic mass is 10.0. The van der Waals surface area contributed by atoms with Crippen LogP contribution >= 0.6 is 0 Å². The summed E-state index contributed by atoms with van der Waals surface area (Å²) in [5.74, 6) is 1.46. The molecule has 1 aliphatic heterocycles. The Morgan fingerprint density at radius 1 is 1.14 bits per heavy atom. The van der Waals surface area contributed by atoms with E-state index in [9.17, 15) is 18.4 Å². The number of benzene rings is 1. The second-order valence-electron chi connectivity index (χ2n) is 7.28. The van der Waals surface area contributed by atoms with Gasteiger partial charge in [0, 0.05) is 46.5 Å². The highest BCUT2D eigenvalue weighted by molar-refractivity contribution is 5.61. The van der Waals surface area contributed by atoms with Gasteiger partial charge in [-0.3, -0.25) is 0 Å². The fourth-order valence-corrected chi connectivity index (χ4v) is 3.51. The second-order valence-corrected chi connectivity index (χ2v) is 7.28. The van der Waals surface area contributed by atoms with Crippen LogP contribution in [0.5, 0.6) is 0 Å². The molecular formula is C20H23F3N6. The summed E-state index contributed by atoms with van der Waals surface area (Å²) in [5.41, 5.74) is -0.190. The molecule has 2 aromatic rings. The molecule has 0 bridgehead atoms. The quantitative estimate of drug-likeness (QED) is 0.777. The van der Waals surface area contributed by atoms with Crippen molar-refractivity contribution < 1.29 is 13.2 Å². The van der Waals surface area contributed by atoms with Crippen molar-refractivity contribution in [1.82, 2.24) is 9.97 Å². The average molecular weight is 404 g/mol. The van der Waals surface area contributed by atoms with Gasteiger partial charge in [0.1, 0.15) is 11.9 Å². The summed E-state index contributed by atoms with van der Waals surface area (Å²) in [7, 11) is 5.75. The van der Waals surface area contributed by atoms with Crippen LogP contribution in [0.25, 0.3) is 0 Å². The summed E-state index contributed by atoms with van der Waals surface area (Å²) in [4.78, 5) is 14.7. The first-order chi connectivity index (χ1) is 13.7. The van der Waals surface area contributed by atoms with E-state index < -0.39 is 11.7 Å². The van der Waals surface area contributed by atoms with Crippen molar-refractivity contribution in [1.29, 1.82) is 5.26 Å². The van der Waals surface area contributed by atoms with E-state index in [0.717, 1.165) is 30.8 Å². The molecule has 154 valence electrons. The molecule has 0 unspecified atom stereocenters. The molecule has 1 saturated heterocycles. The molecule has 6 nitrogen and oxygen atoms in total. The molecule has 2 heterocycles. The molecule has 1 aliphatic rings. The Bertz CT molecular complexity index is 898. The third-order valence-electron chi connectivity index (χ3n) is 5.19. The lowest BCUT2D eigenvalue weighted by Crippen LogP contribution is -2.44. The van der Waals surface area contributed by atoms with E-state index in [-0.39, 0.29) is 11.6 Å². The Balaban J connectivity index is 1.71. The first-order valence-electron chi connectivity index (χ1n) is 9.30. The van der Waals surface area contributed by atoms with E-state index in [0.29, 0.717) is 24.7 Å². The summed E-state index contributed by atoms with van der Waals surface area (Å²) in [6.45, 7) is 1.31. The molecular weight excluding hydrogens is 381 g/mol. The number of hydrogen-bond acceptors (Lipinski definition) is 6. The highest BCUT2D eigenvalue weighted by Gasteiger charge is 2.32. The minimum absolute atomic E-state index is 0.0538. The van der Waals surface area contributed by atoms with Crippen molar-refractivity contribution in [2.24, 2.45) is 0 Å². The Hall–Kier alpha value is -3.02. The molecule has 0 aliphatic carbocycles. The molecule has 9 heteroatoms. The predicted molar refractivity (Wildman–Crippen MR) is 106 cm³/mol. The molecule has 3 rings (SSSR count). The Morgan fingerprint density at radius 3 is 2.41 bits per heavy atom. The van der Waals surface area contributed by atoms with Gasteiger partial charge in [0.25, 0.3) is 0 Å². The zero-order chi connectivity index (χ0) is 21.2. The first kappa shape index (κ1) is 20.7. The van der Waals surface area contributed by atoms with Crippen LogP contribution in [-0.2, 0) is 6.18 Å². The van der Waals surface area contributed by atoms with E-state index in [2.05, 4.69) is 14.9 Å². The minimum atomic E-state index is -4.46. The molecule has 1 aromatic carbocycles. The first-order valence-corrected chi connectivity index (χ1v) is 9.30. The Kier molecular flexibility index (Phi) is 5.82.